The number of rotatable bonds is 6. The van der Waals surface area contributed by atoms with Crippen molar-refractivity contribution in [3.8, 4) is 0 Å². The molecule has 0 radical (unpaired) electrons. The topological polar surface area (TPSA) is 29.5 Å². The minimum absolute atomic E-state index is 0.273. The summed E-state index contributed by atoms with van der Waals surface area (Å²) < 4.78 is 5.12. The number of piperidine rings is 1. The molecule has 1 unspecified atom stereocenters. The van der Waals surface area contributed by atoms with E-state index in [1.165, 1.54) is 18.4 Å². The first-order valence-electron chi connectivity index (χ1n) is 8.01. The van der Waals surface area contributed by atoms with Gasteiger partial charge in [-0.2, -0.15) is 0 Å². The van der Waals surface area contributed by atoms with Gasteiger partial charge in [0.05, 0.1) is 6.42 Å². The fourth-order valence-electron chi connectivity index (χ4n) is 3.04. The quantitative estimate of drug-likeness (QED) is 0.753. The normalized spacial score (nSPS) is 18.8. The van der Waals surface area contributed by atoms with E-state index in [0.717, 1.165) is 38.1 Å². The van der Waals surface area contributed by atoms with Crippen LogP contribution < -0.4 is 0 Å². The van der Waals surface area contributed by atoms with E-state index in [9.17, 15) is 4.79 Å². The molecule has 3 nitrogen and oxygen atoms in total. The van der Waals surface area contributed by atoms with Gasteiger partial charge in [-0.25, -0.2) is 0 Å². The van der Waals surface area contributed by atoms with Gasteiger partial charge in [0.2, 0.25) is 5.91 Å². The zero-order valence-corrected chi connectivity index (χ0v) is 13.3. The molecule has 1 saturated heterocycles. The molecule has 1 aliphatic heterocycles. The molecule has 1 heterocycles. The maximum absolute atomic E-state index is 12.4. The molecule has 1 aromatic rings. The highest BCUT2D eigenvalue weighted by Gasteiger charge is 2.23. The number of ether oxygens (including phenoxy) is 1. The van der Waals surface area contributed by atoms with Crippen LogP contribution in [-0.4, -0.2) is 37.6 Å². The van der Waals surface area contributed by atoms with Crippen LogP contribution >= 0.6 is 0 Å². The lowest BCUT2D eigenvalue weighted by Crippen LogP contribution is -2.40. The Balaban J connectivity index is 1.82. The van der Waals surface area contributed by atoms with Gasteiger partial charge in [-0.15, -0.1) is 0 Å². The van der Waals surface area contributed by atoms with E-state index >= 15 is 0 Å². The SMILES string of the molecule is COCCCC1CCCN(C(=O)Cc2ccc(C)cc2)C1. The van der Waals surface area contributed by atoms with Gasteiger partial charge < -0.3 is 9.64 Å². The molecule has 1 aromatic carbocycles. The largest absolute Gasteiger partial charge is 0.385 e. The fraction of sp³-hybridized carbons (Fsp3) is 0.611. The Hall–Kier alpha value is -1.35. The minimum Gasteiger partial charge on any atom is -0.385 e. The first kappa shape index (κ1) is 16.0. The second kappa shape index (κ2) is 8.18. The van der Waals surface area contributed by atoms with Gasteiger partial charge in [0.25, 0.3) is 0 Å². The van der Waals surface area contributed by atoms with Crippen LogP contribution in [0.25, 0.3) is 0 Å². The smallest absolute Gasteiger partial charge is 0.226 e. The number of nitrogens with zero attached hydrogens (tertiary/aromatic N) is 1. The second-order valence-corrected chi connectivity index (χ2v) is 6.15. The maximum atomic E-state index is 12.4. The number of hydrogen-bond acceptors (Lipinski definition) is 2. The van der Waals surface area contributed by atoms with E-state index in [0.29, 0.717) is 12.3 Å². The van der Waals surface area contributed by atoms with E-state index in [1.807, 2.05) is 0 Å². The van der Waals surface area contributed by atoms with E-state index in [1.54, 1.807) is 7.11 Å². The average molecular weight is 289 g/mol. The molecule has 2 rings (SSSR count). The molecule has 1 fully saturated rings. The molecule has 1 amide bonds. The van der Waals surface area contributed by atoms with Crippen LogP contribution in [0, 0.1) is 12.8 Å². The lowest BCUT2D eigenvalue weighted by Gasteiger charge is -2.33. The number of benzene rings is 1. The minimum atomic E-state index is 0.273. The van der Waals surface area contributed by atoms with Crippen molar-refractivity contribution in [1.29, 1.82) is 0 Å². The highest BCUT2D eigenvalue weighted by molar-refractivity contribution is 5.78. The number of amides is 1. The monoisotopic (exact) mass is 289 g/mol. The number of carbonyl (C=O) groups is 1. The second-order valence-electron chi connectivity index (χ2n) is 6.15. The predicted octanol–water partition coefficient (Wildman–Crippen LogP) is 3.20. The molecule has 1 atom stereocenters. The first-order chi connectivity index (χ1) is 10.2. The molecule has 0 saturated carbocycles. The predicted molar refractivity (Wildman–Crippen MR) is 85.3 cm³/mol. The van der Waals surface area contributed by atoms with Gasteiger partial charge in [-0.1, -0.05) is 29.8 Å². The molecule has 0 bridgehead atoms. The van der Waals surface area contributed by atoms with Crippen LogP contribution in [-0.2, 0) is 16.0 Å². The van der Waals surface area contributed by atoms with Gasteiger partial charge in [-0.05, 0) is 44.1 Å². The van der Waals surface area contributed by atoms with Crippen LogP contribution in [0.4, 0.5) is 0 Å². The Morgan fingerprint density at radius 2 is 2.10 bits per heavy atom. The summed E-state index contributed by atoms with van der Waals surface area (Å²) in [6.07, 6.45) is 5.18. The van der Waals surface area contributed by atoms with Crippen molar-refractivity contribution >= 4 is 5.91 Å². The zero-order chi connectivity index (χ0) is 15.1. The molecule has 0 spiro atoms. The Morgan fingerprint density at radius 3 is 2.81 bits per heavy atom. The fourth-order valence-corrected chi connectivity index (χ4v) is 3.04. The molecular formula is C18H27NO2. The third kappa shape index (κ3) is 5.16. The molecule has 3 heteroatoms. The molecule has 0 aliphatic carbocycles. The summed E-state index contributed by atoms with van der Waals surface area (Å²) in [7, 11) is 1.75. The van der Waals surface area contributed by atoms with Crippen molar-refractivity contribution in [1.82, 2.24) is 4.90 Å². The van der Waals surface area contributed by atoms with Gasteiger partial charge in [-0.3, -0.25) is 4.79 Å². The lowest BCUT2D eigenvalue weighted by molar-refractivity contribution is -0.132. The molecule has 1 aliphatic rings. The highest BCUT2D eigenvalue weighted by Crippen LogP contribution is 2.21. The van der Waals surface area contributed by atoms with Crippen LogP contribution in [0.2, 0.25) is 0 Å². The first-order valence-corrected chi connectivity index (χ1v) is 8.01. The molecule has 21 heavy (non-hydrogen) atoms. The third-order valence-corrected chi connectivity index (χ3v) is 4.31. The summed E-state index contributed by atoms with van der Waals surface area (Å²) in [6, 6.07) is 8.28. The van der Waals surface area contributed by atoms with Crippen molar-refractivity contribution in [2.75, 3.05) is 26.8 Å². The number of hydrogen-bond donors (Lipinski definition) is 0. The number of carbonyl (C=O) groups excluding carboxylic acids is 1. The van der Waals surface area contributed by atoms with Crippen LogP contribution in [0.5, 0.6) is 0 Å². The standard InChI is InChI=1S/C18H27NO2/c1-15-7-9-16(10-8-15)13-18(20)19-11-3-5-17(14-19)6-4-12-21-2/h7-10,17H,3-6,11-14H2,1-2H3. The molecule has 116 valence electrons. The Kier molecular flexibility index (Phi) is 6.24. The average Bonchev–Trinajstić information content (AvgIpc) is 2.50. The summed E-state index contributed by atoms with van der Waals surface area (Å²) in [4.78, 5) is 14.5. The number of aryl methyl sites for hydroxylation is 1. The number of methoxy groups -OCH3 is 1. The summed E-state index contributed by atoms with van der Waals surface area (Å²) >= 11 is 0. The number of likely N-dealkylation sites (tertiary alicyclic amines) is 1. The Bertz CT molecular complexity index is 441. The van der Waals surface area contributed by atoms with E-state index in [4.69, 9.17) is 4.74 Å². The van der Waals surface area contributed by atoms with Crippen molar-refractivity contribution in [2.45, 2.75) is 39.0 Å². The highest BCUT2D eigenvalue weighted by atomic mass is 16.5. The molecule has 0 aromatic heterocycles. The molecule has 0 N–H and O–H groups in total. The van der Waals surface area contributed by atoms with Gasteiger partial charge in [0, 0.05) is 26.8 Å². The van der Waals surface area contributed by atoms with E-state index in [-0.39, 0.29) is 5.91 Å². The summed E-state index contributed by atoms with van der Waals surface area (Å²) in [5.41, 5.74) is 2.36. The van der Waals surface area contributed by atoms with E-state index < -0.39 is 0 Å². The van der Waals surface area contributed by atoms with Crippen molar-refractivity contribution in [3.63, 3.8) is 0 Å². The van der Waals surface area contributed by atoms with Crippen LogP contribution in [0.3, 0.4) is 0 Å². The summed E-state index contributed by atoms with van der Waals surface area (Å²) in [5, 5.41) is 0. The molecular weight excluding hydrogens is 262 g/mol. The van der Waals surface area contributed by atoms with Crippen LogP contribution in [0.1, 0.15) is 36.8 Å². The third-order valence-electron chi connectivity index (χ3n) is 4.31. The van der Waals surface area contributed by atoms with Gasteiger partial charge >= 0.3 is 0 Å². The van der Waals surface area contributed by atoms with E-state index in [2.05, 4.69) is 36.1 Å². The Morgan fingerprint density at radius 1 is 1.33 bits per heavy atom. The lowest BCUT2D eigenvalue weighted by atomic mass is 9.93. The van der Waals surface area contributed by atoms with Gasteiger partial charge in [0.1, 0.15) is 0 Å². The van der Waals surface area contributed by atoms with Gasteiger partial charge in [0.15, 0.2) is 0 Å². The zero-order valence-electron chi connectivity index (χ0n) is 13.3. The van der Waals surface area contributed by atoms with Crippen molar-refractivity contribution in [3.05, 3.63) is 35.4 Å². The van der Waals surface area contributed by atoms with Crippen molar-refractivity contribution < 1.29 is 9.53 Å². The summed E-state index contributed by atoms with van der Waals surface area (Å²) in [5.74, 6) is 0.922. The maximum Gasteiger partial charge on any atom is 0.226 e. The summed E-state index contributed by atoms with van der Waals surface area (Å²) in [6.45, 7) is 4.74. The Labute approximate surface area is 128 Å². The van der Waals surface area contributed by atoms with Crippen molar-refractivity contribution in [2.24, 2.45) is 5.92 Å². The van der Waals surface area contributed by atoms with Crippen LogP contribution in [0.15, 0.2) is 24.3 Å².